The van der Waals surface area contributed by atoms with Crippen molar-refractivity contribution in [3.05, 3.63) is 82.4 Å². The molecule has 3 aliphatic rings. The van der Waals surface area contributed by atoms with Crippen LogP contribution in [0.15, 0.2) is 66.3 Å². The Morgan fingerprint density at radius 3 is 2.34 bits per heavy atom. The number of hydrogen-bond donors (Lipinski definition) is 8. The average molecular weight is 1280 g/mol. The number of primary amides is 1. The molecule has 472 valence electrons. The number of alkyl halides is 1. The Bertz CT molecular complexity index is 2660. The fourth-order valence-corrected chi connectivity index (χ4v) is 8.70. The second kappa shape index (κ2) is 38.7. The van der Waals surface area contributed by atoms with E-state index in [4.69, 9.17) is 46.1 Å². The molecule has 2 aromatic rings. The number of anilines is 2. The summed E-state index contributed by atoms with van der Waals surface area (Å²) >= 11 is 9.67. The van der Waals surface area contributed by atoms with Crippen molar-refractivity contribution in [1.29, 1.82) is 0 Å². The van der Waals surface area contributed by atoms with E-state index in [0.29, 0.717) is 96.6 Å². The number of carboxylic acid groups (broad SMARTS) is 1. The maximum atomic E-state index is 12.9. The molecule has 3 aliphatic heterocycles. The number of aryl methyl sites for hydroxylation is 1. The van der Waals surface area contributed by atoms with Crippen LogP contribution in [-0.2, 0) is 54.2 Å². The minimum absolute atomic E-state index is 0.0777. The van der Waals surface area contributed by atoms with Gasteiger partial charge in [0.05, 0.1) is 45.3 Å². The van der Waals surface area contributed by atoms with Crippen molar-refractivity contribution in [1.82, 2.24) is 26.2 Å². The Kier molecular flexibility index (Phi) is 33.6. The predicted octanol–water partition coefficient (Wildman–Crippen LogP) is 6.90. The number of aliphatic carboxylic acids is 1. The molecule has 2 aromatic carbocycles. The van der Waals surface area contributed by atoms with Gasteiger partial charge in [-0.05, 0) is 95.0 Å². The molecule has 8 amide bonds. The highest BCUT2D eigenvalue weighted by Crippen LogP contribution is 2.38. The fraction of sp³-hybridized carbons (Fsp3) is 0.542. The quantitative estimate of drug-likeness (QED) is 0.0148. The number of esters is 1. The average Bonchev–Trinajstić information content (AvgIpc) is 3.68. The van der Waals surface area contributed by atoms with E-state index in [1.165, 1.54) is 27.5 Å². The van der Waals surface area contributed by atoms with Crippen LogP contribution in [-0.4, -0.2) is 159 Å². The highest BCUT2D eigenvalue weighted by molar-refractivity contribution is 9.09. The van der Waals surface area contributed by atoms with Crippen LogP contribution >= 0.6 is 27.5 Å². The summed E-state index contributed by atoms with van der Waals surface area (Å²) in [5.74, 6) is -1.72. The van der Waals surface area contributed by atoms with Gasteiger partial charge in [-0.1, -0.05) is 84.2 Å². The Morgan fingerprint density at radius 2 is 1.72 bits per heavy atom. The number of nitrogens with one attached hydrogen (secondary N) is 5. The van der Waals surface area contributed by atoms with Crippen LogP contribution in [0.4, 0.5) is 21.0 Å². The topological polar surface area (TPSA) is 336 Å². The number of unbranched alkanes of at least 4 members (excludes halogenated alkanes) is 2. The van der Waals surface area contributed by atoms with Crippen molar-refractivity contribution in [3.8, 4) is 11.5 Å². The van der Waals surface area contributed by atoms with Crippen molar-refractivity contribution < 1.29 is 77.0 Å². The number of nitrogens with zero attached hydrogens (tertiary/aromatic N) is 2. The van der Waals surface area contributed by atoms with Gasteiger partial charge in [0.15, 0.2) is 0 Å². The van der Waals surface area contributed by atoms with E-state index in [0.717, 1.165) is 21.6 Å². The first-order chi connectivity index (χ1) is 40.2. The number of methoxy groups -OCH3 is 2. The predicted molar refractivity (Wildman–Crippen MR) is 325 cm³/mol. The van der Waals surface area contributed by atoms with Gasteiger partial charge >= 0.3 is 24.1 Å². The van der Waals surface area contributed by atoms with Crippen LogP contribution < -0.4 is 46.7 Å². The molecule has 0 aliphatic carbocycles. The van der Waals surface area contributed by atoms with Crippen molar-refractivity contribution in [2.75, 3.05) is 63.6 Å². The molecule has 3 unspecified atom stereocenters. The summed E-state index contributed by atoms with van der Waals surface area (Å²) in [6.45, 7) is 13.3. The van der Waals surface area contributed by atoms with Crippen molar-refractivity contribution >= 4 is 93.0 Å². The van der Waals surface area contributed by atoms with E-state index in [9.17, 15) is 48.3 Å². The van der Waals surface area contributed by atoms with Crippen LogP contribution in [0.25, 0.3) is 0 Å². The molecule has 24 nitrogen and oxygen atoms in total. The molecule has 0 saturated carbocycles. The maximum Gasteiger partial charge on any atom is 0.409 e. The van der Waals surface area contributed by atoms with Crippen molar-refractivity contribution in [2.24, 2.45) is 5.73 Å². The number of carboxylic acids is 1. The zero-order valence-corrected chi connectivity index (χ0v) is 52.5. The fourth-order valence-electron chi connectivity index (χ4n) is 8.16. The standard InChI is InChI=1S/C26H38BrN5O7.C25H31ClN2O6.C5H9NO3.C3H8/c1-17-10-11-19(14-21(17)38-3)31-24(35)20(8-7-12-29-26(28)37)32-23(34)16-30-22(33)9-5-4-6-13-39-25(36)18(2)15-27;1-15-6-4-5-9-25(31)14-17(33-24(30)27-25)13-20-19(34-20)7-8-22(29)28(2)18-11-16(10-15)12-21(32-3)23(18)26;1-4(5(8)9)6(2)3-7;1-3-2/h10-11,14,20H,2,4-9,12-13,15-16H2,1,3H3,(H,30,33)(H,31,35)(H,32,34)(H3,28,29,37);4-6,11-12,17,19-20,31H,7-10,13-14H2,1-3H3,(H,27,30);3-4H,1-2H3,(H,8,9);3H2,1-2H3/b;5-4+,15-6+;;/t;17?,19?,20-,25+;4-;/m.00./s1. The summed E-state index contributed by atoms with van der Waals surface area (Å²) in [4.78, 5) is 108. The summed E-state index contributed by atoms with van der Waals surface area (Å²) in [5, 5.41) is 32.8. The van der Waals surface area contributed by atoms with Gasteiger partial charge in [-0.3, -0.25) is 29.3 Å². The van der Waals surface area contributed by atoms with Gasteiger partial charge < -0.3 is 70.7 Å². The smallest absolute Gasteiger partial charge is 0.409 e. The maximum absolute atomic E-state index is 12.9. The van der Waals surface area contributed by atoms with Crippen LogP contribution in [0.2, 0.25) is 5.02 Å². The first-order valence-electron chi connectivity index (χ1n) is 27.9. The number of epoxide rings is 1. The summed E-state index contributed by atoms with van der Waals surface area (Å²) in [5.41, 5.74) is 8.05. The molecule has 85 heavy (non-hydrogen) atoms. The number of nitrogens with two attached hydrogens (primary N) is 1. The summed E-state index contributed by atoms with van der Waals surface area (Å²) in [6.07, 6.45) is 11.2. The zero-order valence-electron chi connectivity index (χ0n) is 50.1. The Hall–Kier alpha value is -7.22. The number of aliphatic hydroxyl groups is 1. The number of urea groups is 1. The summed E-state index contributed by atoms with van der Waals surface area (Å²) in [6, 6.07) is 6.63. The van der Waals surface area contributed by atoms with E-state index < -0.39 is 59.8 Å². The normalized spacial score (nSPS) is 19.6. The summed E-state index contributed by atoms with van der Waals surface area (Å²) < 4.78 is 26.9. The van der Waals surface area contributed by atoms with E-state index in [2.05, 4.69) is 62.9 Å². The number of fused-ring (bicyclic) bond motifs is 5. The summed E-state index contributed by atoms with van der Waals surface area (Å²) in [7, 11) is 6.21. The number of amides is 8. The zero-order chi connectivity index (χ0) is 63.8. The van der Waals surface area contributed by atoms with E-state index in [-0.39, 0.29) is 69.4 Å². The van der Waals surface area contributed by atoms with Crippen molar-refractivity contribution in [2.45, 2.75) is 154 Å². The number of carbonyl (C=O) groups is 9. The van der Waals surface area contributed by atoms with E-state index >= 15 is 0 Å². The number of carbonyl (C=O) groups excluding carboxylic acids is 8. The SMILES string of the molecule is C=C(CBr)C(=O)OCCCCCC(=O)NCC(=O)NC(CCCNC(N)=O)C(=O)Nc1ccc(C)c(OC)c1.CCC.COc1cc2cc(c1Cl)N(C)C(=O)CCC1O[C@H]1CC1C[C@](O)(C/C=C/C=C(\C)C2)NC(=O)O1.C[C@@H](C(=O)O)N(C)C=O. The van der Waals surface area contributed by atoms with Gasteiger partial charge in [0.2, 0.25) is 30.0 Å². The second-order valence-corrected chi connectivity index (χ2v) is 21.4. The monoisotopic (exact) mass is 1280 g/mol. The van der Waals surface area contributed by atoms with Gasteiger partial charge in [-0.2, -0.15) is 0 Å². The Morgan fingerprint density at radius 1 is 1.02 bits per heavy atom. The van der Waals surface area contributed by atoms with Crippen LogP contribution in [0.5, 0.6) is 11.5 Å². The van der Waals surface area contributed by atoms with Gasteiger partial charge in [-0.25, -0.2) is 19.2 Å². The van der Waals surface area contributed by atoms with E-state index in [1.54, 1.807) is 37.3 Å². The molecule has 2 fully saturated rings. The number of alkyl carbamates (subject to hydrolysis) is 1. The third-order valence-electron chi connectivity index (χ3n) is 13.1. The lowest BCUT2D eigenvalue weighted by molar-refractivity contribution is -0.144. The number of allylic oxidation sites excluding steroid dienone is 3. The Balaban J connectivity index is 0.000000488. The lowest BCUT2D eigenvalue weighted by Gasteiger charge is -2.36. The molecular formula is C59H86BrClN8O16. The van der Waals surface area contributed by atoms with Gasteiger partial charge in [0.25, 0.3) is 0 Å². The third kappa shape index (κ3) is 28.0. The number of rotatable bonds is 22. The molecule has 4 bridgehead atoms. The van der Waals surface area contributed by atoms with Crippen LogP contribution in [0, 0.1) is 6.92 Å². The number of halogens is 2. The number of likely N-dealkylation sites (N-methyl/N-ethyl adjacent to an activating group) is 1. The molecular weight excluding hydrogens is 1190 g/mol. The van der Waals surface area contributed by atoms with Crippen molar-refractivity contribution in [3.63, 3.8) is 0 Å². The first-order valence-corrected chi connectivity index (χ1v) is 29.4. The van der Waals surface area contributed by atoms with Crippen LogP contribution in [0.1, 0.15) is 116 Å². The Labute approximate surface area is 511 Å². The van der Waals surface area contributed by atoms with Gasteiger partial charge in [0, 0.05) is 75.4 Å². The lowest BCUT2D eigenvalue weighted by Crippen LogP contribution is -2.56. The van der Waals surface area contributed by atoms with Gasteiger partial charge in [-0.15, -0.1) is 0 Å². The lowest BCUT2D eigenvalue weighted by atomic mass is 9.96. The molecule has 0 aromatic heterocycles. The first kappa shape index (κ1) is 73.9. The minimum atomic E-state index is -1.37. The van der Waals surface area contributed by atoms with E-state index in [1.807, 2.05) is 44.2 Å². The number of ether oxygens (including phenoxy) is 5. The molecule has 9 N–H and O–H groups in total. The van der Waals surface area contributed by atoms with Crippen LogP contribution in [0.3, 0.4) is 0 Å². The highest BCUT2D eigenvalue weighted by atomic mass is 79.9. The molecule has 26 heteroatoms. The molecule has 6 atom stereocenters. The largest absolute Gasteiger partial charge is 0.496 e. The molecule has 2 saturated heterocycles. The second-order valence-electron chi connectivity index (χ2n) is 20.5. The third-order valence-corrected chi connectivity index (χ3v) is 14.2. The molecule has 0 spiro atoms. The highest BCUT2D eigenvalue weighted by Gasteiger charge is 2.45. The molecule has 3 heterocycles. The van der Waals surface area contributed by atoms with Gasteiger partial charge in [0.1, 0.15) is 40.4 Å². The number of benzene rings is 2. The minimum Gasteiger partial charge on any atom is -0.496 e. The number of hydrogen-bond acceptors (Lipinski definition) is 15. The molecule has 0 radical (unpaired) electrons. The molecule has 5 rings (SSSR count).